The molecule has 7 heteroatoms. The first-order valence-corrected chi connectivity index (χ1v) is 12.7. The Labute approximate surface area is 197 Å². The number of rotatable bonds is 5. The third-order valence-corrected chi connectivity index (χ3v) is 6.91. The first-order chi connectivity index (χ1) is 16.4. The molecule has 0 spiro atoms. The molecular formula is C27H22N2O4S. The molecule has 6 nitrogen and oxygen atoms in total. The summed E-state index contributed by atoms with van der Waals surface area (Å²) in [7, 11) is -3.31. The van der Waals surface area contributed by atoms with Crippen molar-refractivity contribution in [3.05, 3.63) is 90.8 Å². The first kappa shape index (κ1) is 21.9. The fourth-order valence-corrected chi connectivity index (χ4v) is 4.82. The Hall–Kier alpha value is -3.97. The average Bonchev–Trinajstić information content (AvgIpc) is 3.23. The van der Waals surface area contributed by atoms with Crippen LogP contribution in [-0.4, -0.2) is 36.7 Å². The van der Waals surface area contributed by atoms with Crippen molar-refractivity contribution >= 4 is 37.6 Å². The number of aromatic nitrogens is 2. The Kier molecular flexibility index (Phi) is 5.42. The maximum Gasteiger partial charge on any atom is 0.267 e. The molecule has 0 saturated heterocycles. The van der Waals surface area contributed by atoms with Gasteiger partial charge in [-0.1, -0.05) is 42.5 Å². The van der Waals surface area contributed by atoms with Gasteiger partial charge in [-0.05, 0) is 53.6 Å². The highest BCUT2D eigenvalue weighted by Gasteiger charge is 2.22. The van der Waals surface area contributed by atoms with Crippen molar-refractivity contribution in [2.75, 3.05) is 12.9 Å². The molecule has 5 rings (SSSR count). The highest BCUT2D eigenvalue weighted by atomic mass is 32.2. The summed E-state index contributed by atoms with van der Waals surface area (Å²) in [5.41, 5.74) is 2.57. The second-order valence-electron chi connectivity index (χ2n) is 7.98. The zero-order valence-corrected chi connectivity index (χ0v) is 19.5. The molecule has 0 aliphatic rings. The Balaban J connectivity index is 1.71. The van der Waals surface area contributed by atoms with Crippen molar-refractivity contribution in [2.24, 2.45) is 0 Å². The molecule has 0 unspecified atom stereocenters. The predicted molar refractivity (Wildman–Crippen MR) is 133 cm³/mol. The van der Waals surface area contributed by atoms with Crippen LogP contribution in [0.2, 0.25) is 0 Å². The Bertz CT molecular complexity index is 1650. The van der Waals surface area contributed by atoms with Crippen LogP contribution in [0.4, 0.5) is 0 Å². The van der Waals surface area contributed by atoms with E-state index in [9.17, 15) is 13.2 Å². The molecule has 0 N–H and O–H groups in total. The van der Waals surface area contributed by atoms with Crippen LogP contribution < -0.4 is 4.74 Å². The van der Waals surface area contributed by atoms with Gasteiger partial charge in [0.15, 0.2) is 9.84 Å². The van der Waals surface area contributed by atoms with Crippen LogP contribution in [0.25, 0.3) is 32.9 Å². The zero-order chi connectivity index (χ0) is 23.9. The number of nitrogens with zero attached hydrogens (tertiary/aromatic N) is 2. The lowest BCUT2D eigenvalue weighted by Gasteiger charge is -2.13. The zero-order valence-electron chi connectivity index (χ0n) is 18.7. The van der Waals surface area contributed by atoms with E-state index >= 15 is 0 Å². The molecule has 0 atom stereocenters. The van der Waals surface area contributed by atoms with Crippen LogP contribution in [0.15, 0.2) is 90.1 Å². The molecule has 0 aliphatic heterocycles. The van der Waals surface area contributed by atoms with E-state index < -0.39 is 9.84 Å². The van der Waals surface area contributed by atoms with Crippen LogP contribution in [0, 0.1) is 0 Å². The summed E-state index contributed by atoms with van der Waals surface area (Å²) < 4.78 is 31.1. The number of pyridine rings is 1. The smallest absolute Gasteiger partial charge is 0.267 e. The van der Waals surface area contributed by atoms with E-state index in [0.29, 0.717) is 23.6 Å². The largest absolute Gasteiger partial charge is 0.493 e. The molecule has 0 radical (unpaired) electrons. The Morgan fingerprint density at radius 2 is 1.68 bits per heavy atom. The van der Waals surface area contributed by atoms with Crippen LogP contribution in [0.5, 0.6) is 5.75 Å². The minimum Gasteiger partial charge on any atom is -0.493 e. The molecule has 0 amide bonds. The van der Waals surface area contributed by atoms with Crippen molar-refractivity contribution < 1.29 is 17.9 Å². The lowest BCUT2D eigenvalue weighted by molar-refractivity contribution is 0.0962. The van der Waals surface area contributed by atoms with Crippen molar-refractivity contribution in [1.82, 2.24) is 9.55 Å². The number of ether oxygens (including phenoxy) is 1. The second kappa shape index (κ2) is 8.43. The van der Waals surface area contributed by atoms with E-state index in [-0.39, 0.29) is 10.8 Å². The quantitative estimate of drug-likeness (QED) is 0.346. The molecular weight excluding hydrogens is 448 g/mol. The van der Waals surface area contributed by atoms with Gasteiger partial charge in [-0.15, -0.1) is 0 Å². The molecule has 2 heterocycles. The van der Waals surface area contributed by atoms with E-state index in [0.717, 1.165) is 27.3 Å². The second-order valence-corrected chi connectivity index (χ2v) is 10.00. The van der Waals surface area contributed by atoms with Gasteiger partial charge in [0.2, 0.25) is 0 Å². The van der Waals surface area contributed by atoms with E-state index in [1.54, 1.807) is 41.2 Å². The average molecular weight is 471 g/mol. The van der Waals surface area contributed by atoms with Gasteiger partial charge in [-0.2, -0.15) is 0 Å². The summed E-state index contributed by atoms with van der Waals surface area (Å²) in [5, 5.41) is 2.53. The lowest BCUT2D eigenvalue weighted by Crippen LogP contribution is -2.14. The van der Waals surface area contributed by atoms with E-state index in [1.807, 2.05) is 55.5 Å². The summed E-state index contributed by atoms with van der Waals surface area (Å²) >= 11 is 0. The van der Waals surface area contributed by atoms with E-state index in [1.165, 1.54) is 6.26 Å². The first-order valence-electron chi connectivity index (χ1n) is 10.8. The monoisotopic (exact) mass is 470 g/mol. The van der Waals surface area contributed by atoms with Gasteiger partial charge in [-0.25, -0.2) is 13.4 Å². The van der Waals surface area contributed by atoms with E-state index in [4.69, 9.17) is 4.74 Å². The molecule has 0 fully saturated rings. The Morgan fingerprint density at radius 1 is 0.941 bits per heavy atom. The standard InChI is InChI=1S/C27H22N2O4S/c1-3-33-24-15-12-18-7-4-5-8-21(18)25(24)27(30)29-17-23(22-9-6-16-28-26(22)29)19-10-13-20(14-11-19)34(2,31)32/h4-17H,3H2,1-2H3. The summed E-state index contributed by atoms with van der Waals surface area (Å²) in [4.78, 5) is 18.7. The van der Waals surface area contributed by atoms with Gasteiger partial charge in [0.1, 0.15) is 11.4 Å². The van der Waals surface area contributed by atoms with Crippen molar-refractivity contribution in [3.63, 3.8) is 0 Å². The number of benzene rings is 3. The van der Waals surface area contributed by atoms with Gasteiger partial charge in [0.25, 0.3) is 5.91 Å². The SMILES string of the molecule is CCOc1ccc2ccccc2c1C(=O)n1cc(-c2ccc(S(C)(=O)=O)cc2)c2cccnc21. The molecule has 34 heavy (non-hydrogen) atoms. The number of fused-ring (bicyclic) bond motifs is 2. The van der Waals surface area contributed by atoms with Crippen LogP contribution in [0.1, 0.15) is 17.3 Å². The lowest BCUT2D eigenvalue weighted by atomic mass is 10.0. The number of sulfone groups is 1. The van der Waals surface area contributed by atoms with Crippen LogP contribution in [0.3, 0.4) is 0 Å². The van der Waals surface area contributed by atoms with Crippen LogP contribution >= 0.6 is 0 Å². The molecule has 0 bridgehead atoms. The molecule has 170 valence electrons. The Morgan fingerprint density at radius 3 is 2.41 bits per heavy atom. The molecule has 3 aromatic carbocycles. The third kappa shape index (κ3) is 3.74. The van der Waals surface area contributed by atoms with Gasteiger partial charge in [-0.3, -0.25) is 9.36 Å². The van der Waals surface area contributed by atoms with Crippen molar-refractivity contribution in [1.29, 1.82) is 0 Å². The summed E-state index contributed by atoms with van der Waals surface area (Å²) in [5.74, 6) is 0.269. The number of carbonyl (C=O) groups is 1. The molecule has 2 aromatic heterocycles. The van der Waals surface area contributed by atoms with Gasteiger partial charge in [0, 0.05) is 29.6 Å². The normalized spacial score (nSPS) is 11.7. The third-order valence-electron chi connectivity index (χ3n) is 5.78. The van der Waals surface area contributed by atoms with Gasteiger partial charge < -0.3 is 4.74 Å². The minimum absolute atomic E-state index is 0.242. The highest BCUT2D eigenvalue weighted by Crippen LogP contribution is 2.34. The van der Waals surface area contributed by atoms with E-state index in [2.05, 4.69) is 4.98 Å². The minimum atomic E-state index is -3.31. The number of carbonyl (C=O) groups excluding carboxylic acids is 1. The number of hydrogen-bond donors (Lipinski definition) is 0. The fourth-order valence-electron chi connectivity index (χ4n) is 4.19. The highest BCUT2D eigenvalue weighted by molar-refractivity contribution is 7.90. The maximum absolute atomic E-state index is 14.0. The molecule has 5 aromatic rings. The summed E-state index contributed by atoms with van der Waals surface area (Å²) in [6, 6.07) is 21.8. The van der Waals surface area contributed by atoms with Gasteiger partial charge >= 0.3 is 0 Å². The van der Waals surface area contributed by atoms with Gasteiger partial charge in [0.05, 0.1) is 17.1 Å². The summed E-state index contributed by atoms with van der Waals surface area (Å²) in [6.07, 6.45) is 4.58. The van der Waals surface area contributed by atoms with Crippen molar-refractivity contribution in [2.45, 2.75) is 11.8 Å². The number of hydrogen-bond acceptors (Lipinski definition) is 5. The molecule has 0 saturated carbocycles. The van der Waals surface area contributed by atoms with Crippen LogP contribution in [-0.2, 0) is 9.84 Å². The fraction of sp³-hybridized carbons (Fsp3) is 0.111. The van der Waals surface area contributed by atoms with Crippen molar-refractivity contribution in [3.8, 4) is 16.9 Å². The topological polar surface area (TPSA) is 78.3 Å². The maximum atomic E-state index is 14.0. The summed E-state index contributed by atoms with van der Waals surface area (Å²) in [6.45, 7) is 2.32. The predicted octanol–water partition coefficient (Wildman–Crippen LogP) is 5.35. The molecule has 0 aliphatic carbocycles.